The zero-order valence-corrected chi connectivity index (χ0v) is 12.6. The van der Waals surface area contributed by atoms with Crippen molar-refractivity contribution in [1.82, 2.24) is 20.5 Å². The second-order valence-corrected chi connectivity index (χ2v) is 5.20. The highest BCUT2D eigenvalue weighted by atomic mass is 16.1. The van der Waals surface area contributed by atoms with Gasteiger partial charge in [0.2, 0.25) is 0 Å². The molecule has 0 atom stereocenters. The monoisotopic (exact) mass is 287 g/mol. The quantitative estimate of drug-likeness (QED) is 0.783. The van der Waals surface area contributed by atoms with Crippen molar-refractivity contribution in [2.75, 3.05) is 5.73 Å². The molecule has 6 heteroatoms. The smallest absolute Gasteiger partial charge is 0.274 e. The first-order chi connectivity index (χ1) is 10.0. The Labute approximate surface area is 124 Å². The van der Waals surface area contributed by atoms with Gasteiger partial charge in [-0.2, -0.15) is 5.10 Å². The van der Waals surface area contributed by atoms with Crippen molar-refractivity contribution >= 4 is 11.6 Å². The Morgan fingerprint density at radius 1 is 1.48 bits per heavy atom. The van der Waals surface area contributed by atoms with E-state index in [0.29, 0.717) is 12.2 Å². The second kappa shape index (κ2) is 6.39. The molecule has 0 bridgehead atoms. The number of aryl methyl sites for hydroxylation is 1. The van der Waals surface area contributed by atoms with E-state index in [0.717, 1.165) is 23.4 Å². The minimum Gasteiger partial charge on any atom is -0.395 e. The number of anilines is 1. The number of rotatable bonds is 5. The van der Waals surface area contributed by atoms with E-state index in [1.54, 1.807) is 6.20 Å². The van der Waals surface area contributed by atoms with Crippen LogP contribution in [0.4, 0.5) is 5.69 Å². The molecule has 21 heavy (non-hydrogen) atoms. The summed E-state index contributed by atoms with van der Waals surface area (Å²) in [5.41, 5.74) is 9.39. The summed E-state index contributed by atoms with van der Waals surface area (Å²) in [4.78, 5) is 16.5. The lowest BCUT2D eigenvalue weighted by molar-refractivity contribution is 0.0946. The molecule has 0 spiro atoms. The van der Waals surface area contributed by atoms with Crippen LogP contribution in [0, 0.1) is 0 Å². The number of hydrogen-bond acceptors (Lipinski definition) is 4. The predicted octanol–water partition coefficient (Wildman–Crippen LogP) is 2.00. The number of nitrogens with zero attached hydrogens (tertiary/aromatic N) is 2. The number of aromatic amines is 1. The number of H-pyrrole nitrogens is 1. The van der Waals surface area contributed by atoms with Gasteiger partial charge >= 0.3 is 0 Å². The summed E-state index contributed by atoms with van der Waals surface area (Å²) in [7, 11) is 0. The van der Waals surface area contributed by atoms with Crippen LogP contribution in [-0.2, 0) is 13.0 Å². The normalized spacial score (nSPS) is 10.9. The minimum atomic E-state index is -0.289. The van der Waals surface area contributed by atoms with Gasteiger partial charge in [-0.15, -0.1) is 0 Å². The van der Waals surface area contributed by atoms with Crippen LogP contribution in [0.3, 0.4) is 0 Å². The zero-order chi connectivity index (χ0) is 15.4. The third-order valence-electron chi connectivity index (χ3n) is 3.41. The van der Waals surface area contributed by atoms with Crippen LogP contribution in [0.5, 0.6) is 0 Å². The second-order valence-electron chi connectivity index (χ2n) is 5.20. The lowest BCUT2D eigenvalue weighted by Crippen LogP contribution is -2.25. The van der Waals surface area contributed by atoms with Crippen LogP contribution in [0.1, 0.15) is 54.1 Å². The standard InChI is InChI=1S/C15H21N5O/c1-4-10-6-5-7-17-11(10)8-18-15(21)14-12(16)13(9(2)3)19-20-14/h5-7,9H,4,8,16H2,1-3H3,(H,18,21)(H,19,20). The van der Waals surface area contributed by atoms with Gasteiger partial charge in [0, 0.05) is 6.20 Å². The number of carbonyl (C=O) groups is 1. The molecular formula is C15H21N5O. The van der Waals surface area contributed by atoms with E-state index < -0.39 is 0 Å². The molecule has 1 amide bonds. The largest absolute Gasteiger partial charge is 0.395 e. The maximum Gasteiger partial charge on any atom is 0.274 e. The maximum absolute atomic E-state index is 12.2. The average Bonchev–Trinajstić information content (AvgIpc) is 2.87. The van der Waals surface area contributed by atoms with Crippen molar-refractivity contribution in [3.05, 3.63) is 41.0 Å². The first-order valence-electron chi connectivity index (χ1n) is 7.09. The maximum atomic E-state index is 12.2. The number of carbonyl (C=O) groups excluding carboxylic acids is 1. The van der Waals surface area contributed by atoms with Gasteiger partial charge in [0.15, 0.2) is 5.69 Å². The SMILES string of the molecule is CCc1cccnc1CNC(=O)c1n[nH]c(C(C)C)c1N. The molecule has 112 valence electrons. The van der Waals surface area contributed by atoms with E-state index in [4.69, 9.17) is 5.73 Å². The highest BCUT2D eigenvalue weighted by Crippen LogP contribution is 2.21. The van der Waals surface area contributed by atoms with E-state index in [-0.39, 0.29) is 17.5 Å². The van der Waals surface area contributed by atoms with Crippen molar-refractivity contribution in [2.45, 2.75) is 39.7 Å². The van der Waals surface area contributed by atoms with E-state index in [9.17, 15) is 4.79 Å². The Hall–Kier alpha value is -2.37. The topological polar surface area (TPSA) is 96.7 Å². The number of aromatic nitrogens is 3. The Morgan fingerprint density at radius 2 is 2.24 bits per heavy atom. The summed E-state index contributed by atoms with van der Waals surface area (Å²) in [6.07, 6.45) is 2.60. The number of hydrogen-bond donors (Lipinski definition) is 3. The summed E-state index contributed by atoms with van der Waals surface area (Å²) < 4.78 is 0. The Bertz CT molecular complexity index is 633. The fraction of sp³-hybridized carbons (Fsp3) is 0.400. The molecule has 2 aromatic rings. The van der Waals surface area contributed by atoms with E-state index in [2.05, 4.69) is 27.4 Å². The van der Waals surface area contributed by atoms with Gasteiger partial charge in [-0.3, -0.25) is 14.9 Å². The first kappa shape index (κ1) is 15.0. The Morgan fingerprint density at radius 3 is 2.86 bits per heavy atom. The van der Waals surface area contributed by atoms with Crippen molar-refractivity contribution in [2.24, 2.45) is 0 Å². The molecule has 0 unspecified atom stereocenters. The molecule has 0 saturated heterocycles. The van der Waals surface area contributed by atoms with Gasteiger partial charge in [0.25, 0.3) is 5.91 Å². The Balaban J connectivity index is 2.09. The summed E-state index contributed by atoms with van der Waals surface area (Å²) in [5, 5.41) is 9.65. The molecule has 0 aliphatic heterocycles. The number of pyridine rings is 1. The van der Waals surface area contributed by atoms with Crippen molar-refractivity contribution in [1.29, 1.82) is 0 Å². The third kappa shape index (κ3) is 3.21. The summed E-state index contributed by atoms with van der Waals surface area (Å²) >= 11 is 0. The fourth-order valence-electron chi connectivity index (χ4n) is 2.18. The van der Waals surface area contributed by atoms with E-state index >= 15 is 0 Å². The number of amides is 1. The first-order valence-corrected chi connectivity index (χ1v) is 7.09. The van der Waals surface area contributed by atoms with Crippen LogP contribution < -0.4 is 11.1 Å². The van der Waals surface area contributed by atoms with Crippen molar-refractivity contribution in [3.63, 3.8) is 0 Å². The number of nitrogen functional groups attached to an aromatic ring is 1. The van der Waals surface area contributed by atoms with Crippen LogP contribution in [0.2, 0.25) is 0 Å². The van der Waals surface area contributed by atoms with Crippen LogP contribution in [-0.4, -0.2) is 21.1 Å². The van der Waals surface area contributed by atoms with Gasteiger partial charge in [-0.25, -0.2) is 0 Å². The van der Waals surface area contributed by atoms with Crippen LogP contribution in [0.25, 0.3) is 0 Å². The lowest BCUT2D eigenvalue weighted by atomic mass is 10.1. The highest BCUT2D eigenvalue weighted by molar-refractivity contribution is 5.97. The molecule has 4 N–H and O–H groups in total. The molecule has 0 radical (unpaired) electrons. The third-order valence-corrected chi connectivity index (χ3v) is 3.41. The van der Waals surface area contributed by atoms with Gasteiger partial charge in [0.1, 0.15) is 0 Å². The number of nitrogens with one attached hydrogen (secondary N) is 2. The minimum absolute atomic E-state index is 0.196. The molecule has 2 rings (SSSR count). The molecule has 2 heterocycles. The summed E-state index contributed by atoms with van der Waals surface area (Å²) in [6.45, 7) is 6.41. The van der Waals surface area contributed by atoms with Crippen LogP contribution in [0.15, 0.2) is 18.3 Å². The molecule has 0 fully saturated rings. The highest BCUT2D eigenvalue weighted by Gasteiger charge is 2.18. The van der Waals surface area contributed by atoms with Crippen LogP contribution >= 0.6 is 0 Å². The average molecular weight is 287 g/mol. The van der Waals surface area contributed by atoms with Gasteiger partial charge in [0.05, 0.1) is 23.6 Å². The predicted molar refractivity (Wildman–Crippen MR) is 81.9 cm³/mol. The molecule has 6 nitrogen and oxygen atoms in total. The Kier molecular flexibility index (Phi) is 4.57. The molecular weight excluding hydrogens is 266 g/mol. The molecule has 0 aliphatic carbocycles. The van der Waals surface area contributed by atoms with Gasteiger partial charge < -0.3 is 11.1 Å². The lowest BCUT2D eigenvalue weighted by Gasteiger charge is -2.08. The fourth-order valence-corrected chi connectivity index (χ4v) is 2.18. The van der Waals surface area contributed by atoms with Gasteiger partial charge in [-0.1, -0.05) is 26.8 Å². The molecule has 2 aromatic heterocycles. The molecule has 0 saturated carbocycles. The molecule has 0 aliphatic rings. The van der Waals surface area contributed by atoms with Gasteiger partial charge in [-0.05, 0) is 24.0 Å². The zero-order valence-electron chi connectivity index (χ0n) is 12.6. The van der Waals surface area contributed by atoms with Crippen molar-refractivity contribution < 1.29 is 4.79 Å². The van der Waals surface area contributed by atoms with E-state index in [1.807, 2.05) is 26.0 Å². The summed E-state index contributed by atoms with van der Waals surface area (Å²) in [6, 6.07) is 3.90. The van der Waals surface area contributed by atoms with Crippen molar-refractivity contribution in [3.8, 4) is 0 Å². The van der Waals surface area contributed by atoms with E-state index in [1.165, 1.54) is 0 Å². The summed E-state index contributed by atoms with van der Waals surface area (Å²) in [5.74, 6) is -0.0927. The molecule has 0 aromatic carbocycles. The number of nitrogens with two attached hydrogens (primary N) is 1.